The highest BCUT2D eigenvalue weighted by Gasteiger charge is 2.29. The molecule has 15 heavy (non-hydrogen) atoms. The van der Waals surface area contributed by atoms with Crippen molar-refractivity contribution in [3.8, 4) is 5.75 Å². The summed E-state index contributed by atoms with van der Waals surface area (Å²) in [4.78, 5) is 2.52. The second-order valence-corrected chi connectivity index (χ2v) is 5.14. The molecule has 0 amide bonds. The Hall–Kier alpha value is -0.540. The average Bonchev–Trinajstić information content (AvgIpc) is 2.15. The Kier molecular flexibility index (Phi) is 2.45. The fourth-order valence-electron chi connectivity index (χ4n) is 2.31. The second kappa shape index (κ2) is 3.80. The van der Waals surface area contributed by atoms with Crippen molar-refractivity contribution < 1.29 is 4.74 Å². The van der Waals surface area contributed by atoms with Gasteiger partial charge >= 0.3 is 0 Å². The second-order valence-electron chi connectivity index (χ2n) is 4.29. The quantitative estimate of drug-likeness (QED) is 0.775. The van der Waals surface area contributed by atoms with Crippen molar-refractivity contribution in [3.63, 3.8) is 0 Å². The number of benzene rings is 1. The van der Waals surface area contributed by atoms with Crippen LogP contribution in [0.5, 0.6) is 5.75 Å². The minimum Gasteiger partial charge on any atom is -0.490 e. The largest absolute Gasteiger partial charge is 0.490 e. The average molecular weight is 268 g/mol. The molecule has 0 saturated carbocycles. The number of halogens is 1. The van der Waals surface area contributed by atoms with Crippen molar-refractivity contribution in [1.29, 1.82) is 0 Å². The molecule has 1 aromatic carbocycles. The lowest BCUT2D eigenvalue weighted by atomic mass is 9.99. The van der Waals surface area contributed by atoms with E-state index in [9.17, 15) is 0 Å². The van der Waals surface area contributed by atoms with E-state index in [2.05, 4.69) is 33.0 Å². The zero-order chi connectivity index (χ0) is 10.3. The lowest BCUT2D eigenvalue weighted by Gasteiger charge is -2.40. The van der Waals surface area contributed by atoms with E-state index in [0.29, 0.717) is 6.04 Å². The number of hydrogen-bond donors (Lipinski definition) is 0. The third-order valence-corrected chi connectivity index (χ3v) is 3.96. The van der Waals surface area contributed by atoms with Crippen LogP contribution in [0.15, 0.2) is 22.7 Å². The molecule has 0 aromatic heterocycles. The monoisotopic (exact) mass is 267 g/mol. The van der Waals surface area contributed by atoms with Gasteiger partial charge in [-0.2, -0.15) is 0 Å². The first-order valence-corrected chi connectivity index (χ1v) is 6.28. The van der Waals surface area contributed by atoms with Crippen LogP contribution in [0.3, 0.4) is 0 Å². The first kappa shape index (κ1) is 9.67. The molecule has 3 heteroatoms. The minimum absolute atomic E-state index is 0.598. The molecule has 0 aliphatic carbocycles. The van der Waals surface area contributed by atoms with E-state index in [1.165, 1.54) is 25.1 Å². The third kappa shape index (κ3) is 1.68. The topological polar surface area (TPSA) is 12.5 Å². The van der Waals surface area contributed by atoms with Crippen LogP contribution in [0.1, 0.15) is 12.0 Å². The van der Waals surface area contributed by atoms with Gasteiger partial charge in [0.1, 0.15) is 12.4 Å². The molecule has 1 aromatic rings. The van der Waals surface area contributed by atoms with Crippen LogP contribution in [0.4, 0.5) is 0 Å². The van der Waals surface area contributed by atoms with Gasteiger partial charge in [-0.25, -0.2) is 0 Å². The Bertz CT molecular complexity index is 376. The lowest BCUT2D eigenvalue weighted by molar-refractivity contribution is 0.0689. The van der Waals surface area contributed by atoms with Crippen molar-refractivity contribution in [2.24, 2.45) is 0 Å². The van der Waals surface area contributed by atoms with Gasteiger partial charge in [0.25, 0.3) is 0 Å². The number of para-hydroxylation sites is 1. The van der Waals surface area contributed by atoms with Gasteiger partial charge in [-0.1, -0.05) is 12.1 Å². The fraction of sp³-hybridized carbons (Fsp3) is 0.500. The summed E-state index contributed by atoms with van der Waals surface area (Å²) in [6, 6.07) is 6.90. The Morgan fingerprint density at radius 1 is 1.33 bits per heavy atom. The summed E-state index contributed by atoms with van der Waals surface area (Å²) >= 11 is 3.53. The summed E-state index contributed by atoms with van der Waals surface area (Å²) in [5.74, 6) is 1.05. The van der Waals surface area contributed by atoms with Crippen molar-refractivity contribution in [3.05, 3.63) is 28.2 Å². The van der Waals surface area contributed by atoms with Crippen molar-refractivity contribution in [2.45, 2.75) is 18.9 Å². The zero-order valence-electron chi connectivity index (χ0n) is 8.58. The number of hydrogen-bond acceptors (Lipinski definition) is 2. The van der Waals surface area contributed by atoms with Crippen molar-refractivity contribution in [2.75, 3.05) is 19.7 Å². The highest BCUT2D eigenvalue weighted by Crippen LogP contribution is 2.34. The molecular formula is C12H14BrNO. The molecule has 0 N–H and O–H groups in total. The molecule has 2 heterocycles. The molecule has 2 aliphatic heterocycles. The van der Waals surface area contributed by atoms with Crippen LogP contribution in [0.2, 0.25) is 0 Å². The van der Waals surface area contributed by atoms with Gasteiger partial charge < -0.3 is 4.74 Å². The molecule has 1 saturated heterocycles. The molecule has 3 rings (SSSR count). The summed E-state index contributed by atoms with van der Waals surface area (Å²) in [7, 11) is 0. The molecule has 0 radical (unpaired) electrons. The molecule has 80 valence electrons. The van der Waals surface area contributed by atoms with Crippen LogP contribution < -0.4 is 4.74 Å². The zero-order valence-corrected chi connectivity index (χ0v) is 10.2. The highest BCUT2D eigenvalue weighted by molar-refractivity contribution is 9.10. The van der Waals surface area contributed by atoms with Crippen molar-refractivity contribution in [1.82, 2.24) is 4.90 Å². The maximum absolute atomic E-state index is 5.84. The van der Waals surface area contributed by atoms with E-state index in [4.69, 9.17) is 4.74 Å². The summed E-state index contributed by atoms with van der Waals surface area (Å²) in [5, 5.41) is 0. The van der Waals surface area contributed by atoms with Gasteiger partial charge in [0.15, 0.2) is 0 Å². The Morgan fingerprint density at radius 2 is 2.20 bits per heavy atom. The number of rotatable bonds is 1. The Morgan fingerprint density at radius 3 is 2.93 bits per heavy atom. The first-order chi connectivity index (χ1) is 7.34. The first-order valence-electron chi connectivity index (χ1n) is 5.49. The highest BCUT2D eigenvalue weighted by atomic mass is 79.9. The maximum Gasteiger partial charge on any atom is 0.136 e. The van der Waals surface area contributed by atoms with Crippen LogP contribution in [0, 0.1) is 0 Å². The number of likely N-dealkylation sites (tertiary alicyclic amines) is 1. The number of ether oxygens (including phenoxy) is 1. The Balaban J connectivity index is 1.83. The standard InChI is InChI=1S/C12H14BrNO/c13-11-4-1-3-9-7-10(8-15-12(9)11)14-5-2-6-14/h1,3-4,10H,2,5-8H2. The molecule has 0 spiro atoms. The fourth-order valence-corrected chi connectivity index (χ4v) is 2.83. The van der Waals surface area contributed by atoms with Gasteiger partial charge in [-0.15, -0.1) is 0 Å². The van der Waals surface area contributed by atoms with E-state index in [1.54, 1.807) is 0 Å². The van der Waals surface area contributed by atoms with Gasteiger partial charge in [0.2, 0.25) is 0 Å². The van der Waals surface area contributed by atoms with Gasteiger partial charge in [0, 0.05) is 6.04 Å². The van der Waals surface area contributed by atoms with Crippen molar-refractivity contribution >= 4 is 15.9 Å². The number of nitrogens with zero attached hydrogens (tertiary/aromatic N) is 1. The van der Waals surface area contributed by atoms with E-state index in [0.717, 1.165) is 23.2 Å². The molecule has 1 atom stereocenters. The van der Waals surface area contributed by atoms with E-state index >= 15 is 0 Å². The van der Waals surface area contributed by atoms with Crippen LogP contribution in [-0.2, 0) is 6.42 Å². The molecular weight excluding hydrogens is 254 g/mol. The Labute approximate surface area is 98.4 Å². The predicted octanol–water partition coefficient (Wildman–Crippen LogP) is 2.46. The van der Waals surface area contributed by atoms with Crippen LogP contribution >= 0.6 is 15.9 Å². The normalized spacial score (nSPS) is 25.3. The van der Waals surface area contributed by atoms with Gasteiger partial charge in [-0.3, -0.25) is 4.90 Å². The van der Waals surface area contributed by atoms with Gasteiger partial charge in [0.05, 0.1) is 4.47 Å². The van der Waals surface area contributed by atoms with Gasteiger partial charge in [-0.05, 0) is 53.5 Å². The maximum atomic E-state index is 5.84. The molecule has 1 unspecified atom stereocenters. The molecule has 2 nitrogen and oxygen atoms in total. The number of fused-ring (bicyclic) bond motifs is 1. The van der Waals surface area contributed by atoms with Crippen LogP contribution in [0.25, 0.3) is 0 Å². The lowest BCUT2D eigenvalue weighted by Crippen LogP contribution is -2.50. The minimum atomic E-state index is 0.598. The summed E-state index contributed by atoms with van der Waals surface area (Å²) < 4.78 is 6.92. The molecule has 0 bridgehead atoms. The summed E-state index contributed by atoms with van der Waals surface area (Å²) in [6.07, 6.45) is 2.48. The van der Waals surface area contributed by atoms with E-state index in [-0.39, 0.29) is 0 Å². The predicted molar refractivity (Wildman–Crippen MR) is 63.3 cm³/mol. The molecule has 1 fully saturated rings. The smallest absolute Gasteiger partial charge is 0.136 e. The van der Waals surface area contributed by atoms with E-state index in [1.807, 2.05) is 6.07 Å². The summed E-state index contributed by atoms with van der Waals surface area (Å²) in [6.45, 7) is 3.34. The van der Waals surface area contributed by atoms with Crippen LogP contribution in [-0.4, -0.2) is 30.6 Å². The third-order valence-electron chi connectivity index (χ3n) is 3.33. The SMILES string of the molecule is Brc1cccc2c1OCC(N1CCC1)C2. The molecule has 2 aliphatic rings. The summed E-state index contributed by atoms with van der Waals surface area (Å²) in [5.41, 5.74) is 1.34. The van der Waals surface area contributed by atoms with E-state index < -0.39 is 0 Å².